The third kappa shape index (κ3) is 6.28. The fourth-order valence-corrected chi connectivity index (χ4v) is 3.18. The van der Waals surface area contributed by atoms with E-state index in [9.17, 15) is 14.4 Å². The van der Waals surface area contributed by atoms with Gasteiger partial charge in [0, 0.05) is 24.5 Å². The summed E-state index contributed by atoms with van der Waals surface area (Å²) in [4.78, 5) is 35.0. The summed E-state index contributed by atoms with van der Waals surface area (Å²) in [5.41, 5.74) is 8.88. The fourth-order valence-electron chi connectivity index (χ4n) is 3.18. The van der Waals surface area contributed by atoms with Gasteiger partial charge in [-0.15, -0.1) is 0 Å². The maximum absolute atomic E-state index is 12.2. The molecule has 0 spiro atoms. The number of benzene rings is 2. The first-order valence-electron chi connectivity index (χ1n) is 10.4. The highest BCUT2D eigenvalue weighted by Crippen LogP contribution is 2.24. The second-order valence-electron chi connectivity index (χ2n) is 7.33. The largest absolute Gasteiger partial charge is 0.368 e. The first kappa shape index (κ1) is 22.7. The number of hydrogen-bond donors (Lipinski definition) is 3. The first-order chi connectivity index (χ1) is 15.5. The zero-order chi connectivity index (χ0) is 22.9. The van der Waals surface area contributed by atoms with Gasteiger partial charge in [-0.05, 0) is 17.5 Å². The highest BCUT2D eigenvalue weighted by Gasteiger charge is 2.19. The molecule has 0 aliphatic carbocycles. The summed E-state index contributed by atoms with van der Waals surface area (Å²) in [7, 11) is 0. The molecule has 32 heavy (non-hydrogen) atoms. The predicted octanol–water partition coefficient (Wildman–Crippen LogP) is 2.44. The number of hydrogen-bond acceptors (Lipinski definition) is 5. The molecule has 3 rings (SSSR count). The minimum absolute atomic E-state index is 0.140. The van der Waals surface area contributed by atoms with Crippen LogP contribution in [0.3, 0.4) is 0 Å². The molecule has 0 bridgehead atoms. The number of carbonyl (C=O) groups excluding carboxylic acids is 3. The quantitative estimate of drug-likeness (QED) is 0.452. The Hall–Kier alpha value is -3.94. The van der Waals surface area contributed by atoms with E-state index in [1.54, 1.807) is 6.92 Å². The lowest BCUT2D eigenvalue weighted by molar-refractivity contribution is -0.130. The van der Waals surface area contributed by atoms with Gasteiger partial charge in [0.1, 0.15) is 17.5 Å². The van der Waals surface area contributed by atoms with Gasteiger partial charge in [-0.2, -0.15) is 0 Å². The van der Waals surface area contributed by atoms with Gasteiger partial charge in [0.15, 0.2) is 0 Å². The lowest BCUT2D eigenvalue weighted by Crippen LogP contribution is -2.48. The van der Waals surface area contributed by atoms with Gasteiger partial charge < -0.3 is 20.9 Å². The molecule has 2 aromatic carbocycles. The second-order valence-corrected chi connectivity index (χ2v) is 7.33. The van der Waals surface area contributed by atoms with Crippen molar-refractivity contribution >= 4 is 17.7 Å². The Morgan fingerprint density at radius 3 is 2.31 bits per heavy atom. The Bertz CT molecular complexity index is 1060. The van der Waals surface area contributed by atoms with Gasteiger partial charge >= 0.3 is 0 Å². The third-order valence-corrected chi connectivity index (χ3v) is 4.94. The van der Waals surface area contributed by atoms with Gasteiger partial charge in [-0.25, -0.2) is 0 Å². The average Bonchev–Trinajstić information content (AvgIpc) is 3.29. The Morgan fingerprint density at radius 2 is 1.66 bits per heavy atom. The van der Waals surface area contributed by atoms with Crippen LogP contribution >= 0.6 is 0 Å². The molecule has 1 heterocycles. The zero-order valence-corrected chi connectivity index (χ0v) is 17.8. The van der Waals surface area contributed by atoms with E-state index in [0.717, 1.165) is 16.7 Å². The standard InChI is InChI=1S/C24H26N4O4/c1-2-20(24(31)26-15-22(25)29)27-23(30)13-12-19-14-21(28-32-19)18-10-8-17(9-11-18)16-6-4-3-5-7-16/h3-11,14,20H,2,12-13,15H2,1H3,(H2,25,29)(H,26,31)(H,27,30)/t20-/m0/s1. The van der Waals surface area contributed by atoms with Crippen molar-refractivity contribution < 1.29 is 18.9 Å². The van der Waals surface area contributed by atoms with E-state index in [1.807, 2.05) is 48.5 Å². The van der Waals surface area contributed by atoms with Crippen LogP contribution in [0, 0.1) is 0 Å². The van der Waals surface area contributed by atoms with Crippen LogP contribution in [0.25, 0.3) is 22.4 Å². The van der Waals surface area contributed by atoms with Crippen LogP contribution in [0.4, 0.5) is 0 Å². The van der Waals surface area contributed by atoms with Gasteiger partial charge in [-0.1, -0.05) is 66.7 Å². The number of primary amides is 1. The number of nitrogens with zero attached hydrogens (tertiary/aromatic N) is 1. The summed E-state index contributed by atoms with van der Waals surface area (Å²) >= 11 is 0. The molecule has 0 unspecified atom stereocenters. The lowest BCUT2D eigenvalue weighted by Gasteiger charge is -2.16. The minimum atomic E-state index is -0.727. The number of carbonyl (C=O) groups is 3. The molecule has 166 valence electrons. The summed E-state index contributed by atoms with van der Waals surface area (Å²) in [5.74, 6) is -0.805. The van der Waals surface area contributed by atoms with Crippen LogP contribution < -0.4 is 16.4 Å². The molecule has 1 aromatic heterocycles. The van der Waals surface area contributed by atoms with Crippen molar-refractivity contribution in [3.8, 4) is 22.4 Å². The van der Waals surface area contributed by atoms with Crippen molar-refractivity contribution in [2.45, 2.75) is 32.2 Å². The fraction of sp³-hybridized carbons (Fsp3) is 0.250. The molecule has 0 saturated carbocycles. The van der Waals surface area contributed by atoms with Crippen LogP contribution in [0.5, 0.6) is 0 Å². The molecule has 3 amide bonds. The topological polar surface area (TPSA) is 127 Å². The highest BCUT2D eigenvalue weighted by atomic mass is 16.5. The first-order valence-corrected chi connectivity index (χ1v) is 10.4. The molecule has 0 radical (unpaired) electrons. The molecule has 0 fully saturated rings. The number of nitrogens with two attached hydrogens (primary N) is 1. The van der Waals surface area contributed by atoms with E-state index in [1.165, 1.54) is 0 Å². The number of aromatic nitrogens is 1. The van der Waals surface area contributed by atoms with Gasteiger partial charge in [0.2, 0.25) is 17.7 Å². The molecular weight excluding hydrogens is 408 g/mol. The lowest BCUT2D eigenvalue weighted by atomic mass is 10.0. The zero-order valence-electron chi connectivity index (χ0n) is 17.8. The van der Waals surface area contributed by atoms with E-state index in [0.29, 0.717) is 24.3 Å². The molecule has 8 heteroatoms. The monoisotopic (exact) mass is 434 g/mol. The van der Waals surface area contributed by atoms with Crippen molar-refractivity contribution in [3.63, 3.8) is 0 Å². The maximum Gasteiger partial charge on any atom is 0.243 e. The van der Waals surface area contributed by atoms with Gasteiger partial charge in [0.25, 0.3) is 0 Å². The Morgan fingerprint density at radius 1 is 1.00 bits per heavy atom. The van der Waals surface area contributed by atoms with E-state index in [2.05, 4.69) is 27.9 Å². The summed E-state index contributed by atoms with van der Waals surface area (Å²) in [6.45, 7) is 1.50. The number of amides is 3. The van der Waals surface area contributed by atoms with Crippen molar-refractivity contribution in [1.82, 2.24) is 15.8 Å². The summed E-state index contributed by atoms with van der Waals surface area (Å²) in [6, 6.07) is 19.2. The second kappa shape index (κ2) is 10.9. The van der Waals surface area contributed by atoms with Gasteiger partial charge in [-0.3, -0.25) is 14.4 Å². The molecule has 0 aliphatic heterocycles. The SMILES string of the molecule is CC[C@H](NC(=O)CCc1cc(-c2ccc(-c3ccccc3)cc2)no1)C(=O)NCC(N)=O. The average molecular weight is 434 g/mol. The normalized spacial score (nSPS) is 11.5. The Kier molecular flexibility index (Phi) is 7.75. The Labute approximate surface area is 186 Å². The van der Waals surface area contributed by atoms with Crippen molar-refractivity contribution in [3.05, 3.63) is 66.4 Å². The number of nitrogens with one attached hydrogen (secondary N) is 2. The molecule has 0 aliphatic rings. The van der Waals surface area contributed by atoms with Crippen molar-refractivity contribution in [1.29, 1.82) is 0 Å². The van der Waals surface area contributed by atoms with Crippen LogP contribution in [0.1, 0.15) is 25.5 Å². The maximum atomic E-state index is 12.2. The van der Waals surface area contributed by atoms with E-state index in [4.69, 9.17) is 10.3 Å². The van der Waals surface area contributed by atoms with E-state index >= 15 is 0 Å². The molecule has 8 nitrogen and oxygen atoms in total. The van der Waals surface area contributed by atoms with Crippen molar-refractivity contribution in [2.75, 3.05) is 6.54 Å². The predicted molar refractivity (Wildman–Crippen MR) is 120 cm³/mol. The third-order valence-electron chi connectivity index (χ3n) is 4.94. The van der Waals surface area contributed by atoms with Crippen molar-refractivity contribution in [2.24, 2.45) is 5.73 Å². The van der Waals surface area contributed by atoms with E-state index < -0.39 is 17.9 Å². The van der Waals surface area contributed by atoms with E-state index in [-0.39, 0.29) is 18.9 Å². The molecule has 1 atom stereocenters. The minimum Gasteiger partial charge on any atom is -0.368 e. The molecule has 4 N–H and O–H groups in total. The molecule has 3 aromatic rings. The molecule has 0 saturated heterocycles. The van der Waals surface area contributed by atoms with Crippen LogP contribution in [0.15, 0.2) is 65.2 Å². The number of aryl methyl sites for hydroxylation is 1. The summed E-state index contributed by atoms with van der Waals surface area (Å²) in [5, 5.41) is 9.15. The van der Waals surface area contributed by atoms with Crippen LogP contribution in [0.2, 0.25) is 0 Å². The Balaban J connectivity index is 1.53. The van der Waals surface area contributed by atoms with Crippen LogP contribution in [-0.2, 0) is 20.8 Å². The van der Waals surface area contributed by atoms with Gasteiger partial charge in [0.05, 0.1) is 6.54 Å². The number of rotatable bonds is 10. The summed E-state index contributed by atoms with van der Waals surface area (Å²) in [6.07, 6.45) is 0.878. The summed E-state index contributed by atoms with van der Waals surface area (Å²) < 4.78 is 5.37. The smallest absolute Gasteiger partial charge is 0.243 e. The van der Waals surface area contributed by atoms with Crippen LogP contribution in [-0.4, -0.2) is 35.5 Å². The highest BCUT2D eigenvalue weighted by molar-refractivity contribution is 5.90. The molecular formula is C24H26N4O4.